The lowest BCUT2D eigenvalue weighted by Gasteiger charge is -2.29. The van der Waals surface area contributed by atoms with Crippen LogP contribution in [0.25, 0.3) is 0 Å². The number of hydrogen-bond donors (Lipinski definition) is 2. The number of anilines is 2. The lowest BCUT2D eigenvalue weighted by molar-refractivity contribution is -0.117. The van der Waals surface area contributed by atoms with Crippen molar-refractivity contribution in [3.05, 3.63) is 71.3 Å². The molecule has 0 aliphatic carbocycles. The van der Waals surface area contributed by atoms with Crippen molar-refractivity contribution >= 4 is 27.3 Å². The van der Waals surface area contributed by atoms with Crippen molar-refractivity contribution in [1.82, 2.24) is 4.31 Å². The molecule has 3 aromatic rings. The summed E-state index contributed by atoms with van der Waals surface area (Å²) < 4.78 is 44.5. The molecule has 0 unspecified atom stereocenters. The van der Waals surface area contributed by atoms with Gasteiger partial charge in [-0.1, -0.05) is 25.1 Å². The topological polar surface area (TPSA) is 106 Å². The Morgan fingerprint density at radius 2 is 1.46 bits per heavy atom. The number of nitrogens with one attached hydrogen (secondary N) is 2. The van der Waals surface area contributed by atoms with Gasteiger partial charge in [-0.2, -0.15) is 4.31 Å². The molecule has 1 heterocycles. The molecule has 10 heteroatoms. The van der Waals surface area contributed by atoms with Crippen molar-refractivity contribution in [1.29, 1.82) is 0 Å². The largest absolute Gasteiger partial charge is 0.493 e. The first kappa shape index (κ1) is 30.2. The number of carbonyl (C=O) groups is 1. The molecule has 41 heavy (non-hydrogen) atoms. The number of amides is 1. The van der Waals surface area contributed by atoms with Crippen LogP contribution in [0.4, 0.5) is 11.4 Å². The lowest BCUT2D eigenvalue weighted by Crippen LogP contribution is -2.37. The highest BCUT2D eigenvalue weighted by Crippen LogP contribution is 2.40. The zero-order chi connectivity index (χ0) is 29.7. The van der Waals surface area contributed by atoms with Gasteiger partial charge in [0.15, 0.2) is 11.5 Å². The minimum absolute atomic E-state index is 0.224. The van der Waals surface area contributed by atoms with Gasteiger partial charge >= 0.3 is 0 Å². The Labute approximate surface area is 242 Å². The summed E-state index contributed by atoms with van der Waals surface area (Å²) in [6.45, 7) is 7.06. The van der Waals surface area contributed by atoms with Crippen LogP contribution in [0.3, 0.4) is 0 Å². The van der Waals surface area contributed by atoms with Crippen LogP contribution in [0.5, 0.6) is 17.2 Å². The van der Waals surface area contributed by atoms with Gasteiger partial charge in [0.2, 0.25) is 15.8 Å². The molecule has 9 nitrogen and oxygen atoms in total. The highest BCUT2D eigenvalue weighted by molar-refractivity contribution is 7.89. The average Bonchev–Trinajstić information content (AvgIpc) is 2.97. The zero-order valence-corrected chi connectivity index (χ0v) is 25.3. The molecule has 0 saturated carbocycles. The van der Waals surface area contributed by atoms with E-state index in [-0.39, 0.29) is 10.8 Å². The molecule has 1 atom stereocenters. The summed E-state index contributed by atoms with van der Waals surface area (Å²) in [5.74, 6) is 1.44. The summed E-state index contributed by atoms with van der Waals surface area (Å²) >= 11 is 0. The SMILES string of the molecule is COc1cc([C@@H](Nc2ccc(S(=O)(=O)N3CCC(C)CC3)cc2)C(=O)Nc2c(C)cccc2C)cc(OC)c1OC. The first-order valence-electron chi connectivity index (χ1n) is 13.6. The van der Waals surface area contributed by atoms with Crippen molar-refractivity contribution in [2.45, 2.75) is 44.6 Å². The number of piperidine rings is 1. The minimum Gasteiger partial charge on any atom is -0.493 e. The normalized spacial score (nSPS) is 15.2. The van der Waals surface area contributed by atoms with Gasteiger partial charge in [0, 0.05) is 24.5 Å². The van der Waals surface area contributed by atoms with Gasteiger partial charge in [0.1, 0.15) is 6.04 Å². The lowest BCUT2D eigenvalue weighted by atomic mass is 10.0. The van der Waals surface area contributed by atoms with Crippen LogP contribution in [0.15, 0.2) is 59.5 Å². The molecular weight excluding hydrogens is 542 g/mol. The average molecular weight is 582 g/mol. The fourth-order valence-electron chi connectivity index (χ4n) is 5.04. The number of carbonyl (C=O) groups excluding carboxylic acids is 1. The van der Waals surface area contributed by atoms with E-state index < -0.39 is 16.1 Å². The van der Waals surface area contributed by atoms with Gasteiger partial charge in [-0.15, -0.1) is 0 Å². The molecule has 0 bridgehead atoms. The molecule has 0 radical (unpaired) electrons. The number of ether oxygens (including phenoxy) is 3. The predicted octanol–water partition coefficient (Wildman–Crippen LogP) is 5.54. The highest BCUT2D eigenvalue weighted by atomic mass is 32.2. The third-order valence-corrected chi connectivity index (χ3v) is 9.47. The van der Waals surface area contributed by atoms with Crippen LogP contribution in [0.2, 0.25) is 0 Å². The van der Waals surface area contributed by atoms with E-state index in [1.165, 1.54) is 21.3 Å². The zero-order valence-electron chi connectivity index (χ0n) is 24.5. The Hall–Kier alpha value is -3.76. The molecule has 4 rings (SSSR count). The van der Waals surface area contributed by atoms with Gasteiger partial charge < -0.3 is 24.8 Å². The van der Waals surface area contributed by atoms with Crippen molar-refractivity contribution < 1.29 is 27.4 Å². The first-order chi connectivity index (χ1) is 19.6. The molecule has 3 aromatic carbocycles. The molecule has 1 saturated heterocycles. The summed E-state index contributed by atoms with van der Waals surface area (Å²) in [6.07, 6.45) is 1.70. The van der Waals surface area contributed by atoms with E-state index in [1.54, 1.807) is 40.7 Å². The van der Waals surface area contributed by atoms with Gasteiger partial charge in [0.05, 0.1) is 26.2 Å². The number of hydrogen-bond acceptors (Lipinski definition) is 7. The van der Waals surface area contributed by atoms with E-state index in [9.17, 15) is 13.2 Å². The van der Waals surface area contributed by atoms with Crippen LogP contribution < -0.4 is 24.8 Å². The Morgan fingerprint density at radius 3 is 1.98 bits per heavy atom. The quantitative estimate of drug-likeness (QED) is 0.324. The molecule has 0 spiro atoms. The molecule has 1 aliphatic rings. The Morgan fingerprint density at radius 1 is 0.902 bits per heavy atom. The smallest absolute Gasteiger partial charge is 0.251 e. The molecular formula is C31H39N3O6S. The van der Waals surface area contributed by atoms with Crippen molar-refractivity contribution in [3.63, 3.8) is 0 Å². The summed E-state index contributed by atoms with van der Waals surface area (Å²) in [7, 11) is 0.954. The summed E-state index contributed by atoms with van der Waals surface area (Å²) in [5.41, 5.74) is 3.75. The number of rotatable bonds is 10. The Bertz CT molecular complexity index is 1440. The van der Waals surface area contributed by atoms with E-state index in [1.807, 2.05) is 32.0 Å². The van der Waals surface area contributed by atoms with Crippen LogP contribution in [-0.4, -0.2) is 53.0 Å². The Balaban J connectivity index is 1.68. The molecule has 1 aliphatic heterocycles. The van der Waals surface area contributed by atoms with Gasteiger partial charge in [-0.05, 0) is 85.7 Å². The maximum Gasteiger partial charge on any atom is 0.251 e. The monoisotopic (exact) mass is 581 g/mol. The fraction of sp³-hybridized carbons (Fsp3) is 0.387. The number of benzene rings is 3. The second kappa shape index (κ2) is 12.8. The number of methoxy groups -OCH3 is 3. The number of para-hydroxylation sites is 1. The predicted molar refractivity (Wildman–Crippen MR) is 161 cm³/mol. The molecule has 220 valence electrons. The van der Waals surface area contributed by atoms with E-state index in [0.717, 1.165) is 29.7 Å². The molecule has 1 amide bonds. The van der Waals surface area contributed by atoms with Crippen LogP contribution >= 0.6 is 0 Å². The first-order valence-corrected chi connectivity index (χ1v) is 15.1. The number of aryl methyl sites for hydroxylation is 2. The summed E-state index contributed by atoms with van der Waals surface area (Å²) in [6, 6.07) is 14.9. The van der Waals surface area contributed by atoms with E-state index in [0.29, 0.717) is 47.5 Å². The number of nitrogens with zero attached hydrogens (tertiary/aromatic N) is 1. The second-order valence-corrected chi connectivity index (χ2v) is 12.3. The second-order valence-electron chi connectivity index (χ2n) is 10.4. The third-order valence-electron chi connectivity index (χ3n) is 7.56. The van der Waals surface area contributed by atoms with Crippen molar-refractivity contribution in [2.24, 2.45) is 5.92 Å². The van der Waals surface area contributed by atoms with E-state index >= 15 is 0 Å². The maximum absolute atomic E-state index is 13.8. The van der Waals surface area contributed by atoms with Crippen molar-refractivity contribution in [2.75, 3.05) is 45.1 Å². The van der Waals surface area contributed by atoms with Gasteiger partial charge in [-0.25, -0.2) is 8.42 Å². The summed E-state index contributed by atoms with van der Waals surface area (Å²) in [4.78, 5) is 14.1. The molecule has 0 aromatic heterocycles. The van der Waals surface area contributed by atoms with Gasteiger partial charge in [-0.3, -0.25) is 4.79 Å². The van der Waals surface area contributed by atoms with E-state index in [4.69, 9.17) is 14.2 Å². The third kappa shape index (κ3) is 6.60. The van der Waals surface area contributed by atoms with E-state index in [2.05, 4.69) is 17.6 Å². The Kier molecular flexibility index (Phi) is 9.45. The van der Waals surface area contributed by atoms with Crippen LogP contribution in [0, 0.1) is 19.8 Å². The molecule has 2 N–H and O–H groups in total. The minimum atomic E-state index is -3.60. The van der Waals surface area contributed by atoms with Gasteiger partial charge in [0.25, 0.3) is 5.91 Å². The van der Waals surface area contributed by atoms with Crippen molar-refractivity contribution in [3.8, 4) is 17.2 Å². The van der Waals surface area contributed by atoms with Crippen LogP contribution in [0.1, 0.15) is 42.5 Å². The highest BCUT2D eigenvalue weighted by Gasteiger charge is 2.29. The van der Waals surface area contributed by atoms with Crippen LogP contribution in [-0.2, 0) is 14.8 Å². The fourth-order valence-corrected chi connectivity index (χ4v) is 6.51. The molecule has 1 fully saturated rings. The summed E-state index contributed by atoms with van der Waals surface area (Å²) in [5, 5.41) is 6.35. The standard InChI is InChI=1S/C31H39N3O6S/c1-20-14-16-34(17-15-20)41(36,37)25-12-10-24(11-13-25)32-29(31(35)33-28-21(2)8-7-9-22(28)3)23-18-26(38-4)30(40-6)27(19-23)39-5/h7-13,18-20,29,32H,14-17H2,1-6H3,(H,33,35)/t29-/m1/s1. The number of sulfonamides is 1. The maximum atomic E-state index is 13.8.